The number of anilines is 1. The molecule has 1 aliphatic rings. The van der Waals surface area contributed by atoms with Crippen molar-refractivity contribution in [2.75, 3.05) is 12.0 Å². The molecule has 8 heteroatoms. The average Bonchev–Trinajstić information content (AvgIpc) is 3.29. The van der Waals surface area contributed by atoms with Gasteiger partial charge in [-0.25, -0.2) is 9.69 Å². The molecule has 152 valence electrons. The van der Waals surface area contributed by atoms with Crippen LogP contribution >= 0.6 is 0 Å². The Morgan fingerprint density at radius 3 is 2.31 bits per heavy atom. The molecular weight excluding hydrogens is 376 g/mol. The molecule has 1 aromatic carbocycles. The van der Waals surface area contributed by atoms with Gasteiger partial charge in [0.25, 0.3) is 11.8 Å². The molecule has 0 saturated carbocycles. The minimum Gasteiger partial charge on any atom is -0.465 e. The first kappa shape index (κ1) is 20.3. The predicted octanol–water partition coefficient (Wildman–Crippen LogP) is 2.64. The molecule has 3 amide bonds. The van der Waals surface area contributed by atoms with E-state index in [0.29, 0.717) is 11.3 Å². The molecule has 1 unspecified atom stereocenters. The van der Waals surface area contributed by atoms with Gasteiger partial charge in [-0.05, 0) is 57.2 Å². The fraction of sp³-hybridized carbons (Fsp3) is 0.333. The highest BCUT2D eigenvalue weighted by molar-refractivity contribution is 6.23. The largest absolute Gasteiger partial charge is 0.465 e. The summed E-state index contributed by atoms with van der Waals surface area (Å²) >= 11 is 0. The van der Waals surface area contributed by atoms with Gasteiger partial charge in [0.2, 0.25) is 5.91 Å². The zero-order valence-corrected chi connectivity index (χ0v) is 16.7. The van der Waals surface area contributed by atoms with Crippen molar-refractivity contribution in [2.45, 2.75) is 38.8 Å². The van der Waals surface area contributed by atoms with Crippen molar-refractivity contribution in [3.05, 3.63) is 54.0 Å². The van der Waals surface area contributed by atoms with Crippen molar-refractivity contribution in [3.8, 4) is 0 Å². The molecule has 1 aromatic heterocycles. The summed E-state index contributed by atoms with van der Waals surface area (Å²) in [5, 5.41) is 0. The summed E-state index contributed by atoms with van der Waals surface area (Å²) < 4.78 is 9.86. The normalized spacial score (nSPS) is 16.8. The van der Waals surface area contributed by atoms with Gasteiger partial charge in [-0.1, -0.05) is 0 Å². The van der Waals surface area contributed by atoms with Crippen molar-refractivity contribution in [1.29, 1.82) is 0 Å². The molecule has 0 aliphatic carbocycles. The van der Waals surface area contributed by atoms with E-state index in [0.717, 1.165) is 4.90 Å². The first-order valence-electron chi connectivity index (χ1n) is 9.07. The third-order valence-corrected chi connectivity index (χ3v) is 4.65. The van der Waals surface area contributed by atoms with Gasteiger partial charge < -0.3 is 14.1 Å². The van der Waals surface area contributed by atoms with Crippen molar-refractivity contribution in [1.82, 2.24) is 4.90 Å². The van der Waals surface area contributed by atoms with E-state index in [2.05, 4.69) is 4.74 Å². The Hall–Kier alpha value is -3.42. The highest BCUT2D eigenvalue weighted by Crippen LogP contribution is 2.31. The minimum absolute atomic E-state index is 0.0982. The van der Waals surface area contributed by atoms with Crippen molar-refractivity contribution in [2.24, 2.45) is 0 Å². The number of methoxy groups -OCH3 is 1. The molecule has 0 bridgehead atoms. The lowest BCUT2D eigenvalue weighted by molar-refractivity contribution is -0.123. The van der Waals surface area contributed by atoms with Crippen LogP contribution in [-0.4, -0.2) is 47.3 Å². The Bertz CT molecular complexity index is 941. The van der Waals surface area contributed by atoms with Crippen LogP contribution in [0.3, 0.4) is 0 Å². The van der Waals surface area contributed by atoms with Crippen LogP contribution in [0.25, 0.3) is 0 Å². The molecule has 3 rings (SSSR count). The first-order chi connectivity index (χ1) is 13.6. The lowest BCUT2D eigenvalue weighted by atomic mass is 10.0. The zero-order valence-electron chi connectivity index (χ0n) is 16.7. The zero-order chi connectivity index (χ0) is 21.3. The summed E-state index contributed by atoms with van der Waals surface area (Å²) in [4.78, 5) is 52.8. The SMILES string of the molecule is COC(=O)c1ccc(N2C(=O)CC(N(C(=O)c3ccco3)C(C)(C)C)C2=O)cc1. The minimum atomic E-state index is -0.958. The van der Waals surface area contributed by atoms with Crippen LogP contribution in [0.1, 0.15) is 48.1 Å². The molecule has 0 N–H and O–H groups in total. The maximum Gasteiger partial charge on any atom is 0.337 e. The number of esters is 1. The molecule has 8 nitrogen and oxygen atoms in total. The number of carbonyl (C=O) groups is 4. The van der Waals surface area contributed by atoms with Crippen LogP contribution in [0, 0.1) is 0 Å². The van der Waals surface area contributed by atoms with E-state index in [1.54, 1.807) is 26.8 Å². The second-order valence-corrected chi connectivity index (χ2v) is 7.65. The quantitative estimate of drug-likeness (QED) is 0.580. The second-order valence-electron chi connectivity index (χ2n) is 7.65. The van der Waals surface area contributed by atoms with Crippen LogP contribution in [0.5, 0.6) is 0 Å². The van der Waals surface area contributed by atoms with Gasteiger partial charge in [-0.3, -0.25) is 14.4 Å². The molecule has 2 aromatic rings. The number of amides is 3. The number of nitrogens with zero attached hydrogens (tertiary/aromatic N) is 2. The van der Waals surface area contributed by atoms with Crippen molar-refractivity contribution < 1.29 is 28.3 Å². The number of imide groups is 1. The van der Waals surface area contributed by atoms with Crippen LogP contribution in [0.4, 0.5) is 5.69 Å². The number of ether oxygens (including phenoxy) is 1. The molecule has 0 spiro atoms. The van der Waals surface area contributed by atoms with Crippen LogP contribution < -0.4 is 4.90 Å². The van der Waals surface area contributed by atoms with Gasteiger partial charge >= 0.3 is 5.97 Å². The molecule has 2 heterocycles. The van der Waals surface area contributed by atoms with Gasteiger partial charge in [0.05, 0.1) is 31.0 Å². The third kappa shape index (κ3) is 3.78. The Kier molecular flexibility index (Phi) is 5.28. The fourth-order valence-corrected chi connectivity index (χ4v) is 3.39. The highest BCUT2D eigenvalue weighted by atomic mass is 16.5. The fourth-order valence-electron chi connectivity index (χ4n) is 3.39. The Labute approximate surface area is 168 Å². The van der Waals surface area contributed by atoms with Gasteiger partial charge in [0, 0.05) is 5.54 Å². The van der Waals surface area contributed by atoms with E-state index in [1.807, 2.05) is 0 Å². The van der Waals surface area contributed by atoms with E-state index >= 15 is 0 Å². The van der Waals surface area contributed by atoms with E-state index < -0.39 is 35.3 Å². The second kappa shape index (κ2) is 7.54. The molecule has 29 heavy (non-hydrogen) atoms. The number of carbonyl (C=O) groups excluding carboxylic acids is 4. The monoisotopic (exact) mass is 398 g/mol. The molecule has 1 atom stereocenters. The summed E-state index contributed by atoms with van der Waals surface area (Å²) in [5.74, 6) is -1.81. The number of furan rings is 1. The summed E-state index contributed by atoms with van der Waals surface area (Å²) in [7, 11) is 1.27. The smallest absolute Gasteiger partial charge is 0.337 e. The van der Waals surface area contributed by atoms with Crippen molar-refractivity contribution in [3.63, 3.8) is 0 Å². The molecule has 1 fully saturated rings. The Morgan fingerprint density at radius 2 is 1.79 bits per heavy atom. The molecule has 0 radical (unpaired) electrons. The maximum atomic E-state index is 13.1. The topological polar surface area (TPSA) is 97.1 Å². The van der Waals surface area contributed by atoms with Crippen LogP contribution in [0.2, 0.25) is 0 Å². The van der Waals surface area contributed by atoms with Gasteiger partial charge in [-0.15, -0.1) is 0 Å². The van der Waals surface area contributed by atoms with Crippen molar-refractivity contribution >= 4 is 29.4 Å². The van der Waals surface area contributed by atoms with E-state index in [-0.39, 0.29) is 12.2 Å². The number of hydrogen-bond acceptors (Lipinski definition) is 6. The standard InChI is InChI=1S/C21H22N2O6/c1-21(2,3)23(19(26)16-6-5-11-29-16)15-12-17(24)22(18(15)25)14-9-7-13(8-10-14)20(27)28-4/h5-11,15H,12H2,1-4H3. The lowest BCUT2D eigenvalue weighted by Gasteiger charge is -2.38. The highest BCUT2D eigenvalue weighted by Gasteiger charge is 2.48. The number of hydrogen-bond donors (Lipinski definition) is 0. The van der Waals surface area contributed by atoms with E-state index in [4.69, 9.17) is 4.42 Å². The number of rotatable bonds is 4. The number of benzene rings is 1. The summed E-state index contributed by atoms with van der Waals surface area (Å²) in [6, 6.07) is 8.10. The van der Waals surface area contributed by atoms with Crippen LogP contribution in [0.15, 0.2) is 47.1 Å². The third-order valence-electron chi connectivity index (χ3n) is 4.65. The summed E-state index contributed by atoms with van der Waals surface area (Å²) in [6.07, 6.45) is 1.24. The van der Waals surface area contributed by atoms with Crippen LogP contribution in [-0.2, 0) is 14.3 Å². The summed E-state index contributed by atoms with van der Waals surface area (Å²) in [6.45, 7) is 5.37. The molecular formula is C21H22N2O6. The molecule has 1 aliphatic heterocycles. The molecule has 1 saturated heterocycles. The lowest BCUT2D eigenvalue weighted by Crippen LogP contribution is -2.54. The maximum absolute atomic E-state index is 13.1. The Morgan fingerprint density at radius 1 is 1.14 bits per heavy atom. The van der Waals surface area contributed by atoms with Gasteiger partial charge in [0.1, 0.15) is 6.04 Å². The predicted molar refractivity (Wildman–Crippen MR) is 103 cm³/mol. The van der Waals surface area contributed by atoms with Gasteiger partial charge in [-0.2, -0.15) is 0 Å². The van der Waals surface area contributed by atoms with Gasteiger partial charge in [0.15, 0.2) is 5.76 Å². The van der Waals surface area contributed by atoms with E-state index in [1.165, 1.54) is 48.6 Å². The first-order valence-corrected chi connectivity index (χ1v) is 9.07. The summed E-state index contributed by atoms with van der Waals surface area (Å²) in [5.41, 5.74) is -0.0967. The Balaban J connectivity index is 1.92. The average molecular weight is 398 g/mol. The van der Waals surface area contributed by atoms with E-state index in [9.17, 15) is 19.2 Å².